The Kier molecular flexibility index (Phi) is 13.0. The molecule has 0 aromatic heterocycles. The number of carbonyl (C=O) groups is 4. The van der Waals surface area contributed by atoms with Gasteiger partial charge in [0.2, 0.25) is 0 Å². The highest BCUT2D eigenvalue weighted by atomic mass is 16.4. The summed E-state index contributed by atoms with van der Waals surface area (Å²) in [5.41, 5.74) is 2.07. The van der Waals surface area contributed by atoms with E-state index in [1.54, 1.807) is 0 Å². The van der Waals surface area contributed by atoms with E-state index in [2.05, 4.69) is 6.92 Å². The van der Waals surface area contributed by atoms with Crippen LogP contribution < -0.4 is 0 Å². The van der Waals surface area contributed by atoms with E-state index in [0.717, 1.165) is 49.3 Å². The van der Waals surface area contributed by atoms with Gasteiger partial charge in [0.1, 0.15) is 0 Å². The molecule has 2 rings (SSSR count). The van der Waals surface area contributed by atoms with Crippen molar-refractivity contribution in [1.29, 1.82) is 0 Å². The van der Waals surface area contributed by atoms with Crippen LogP contribution in [0.25, 0.3) is 5.57 Å². The SMILES string of the molecule is CCCCC(=C(CCCC)c1ccccc1)/C(=C/C(=O)O)C(=O)O.O=C(O)c1ccccc1C(=O)O. The molecule has 0 saturated heterocycles. The lowest BCUT2D eigenvalue weighted by Crippen LogP contribution is -2.09. The number of aromatic carboxylic acids is 2. The van der Waals surface area contributed by atoms with Gasteiger partial charge in [-0.25, -0.2) is 19.2 Å². The minimum atomic E-state index is -1.23. The summed E-state index contributed by atoms with van der Waals surface area (Å²) in [5.74, 6) is -4.88. The summed E-state index contributed by atoms with van der Waals surface area (Å²) >= 11 is 0. The highest BCUT2D eigenvalue weighted by Gasteiger charge is 2.20. The molecule has 0 atom stereocenters. The number of carboxylic acids is 4. The van der Waals surface area contributed by atoms with Crippen molar-refractivity contribution in [3.8, 4) is 0 Å². The third-order valence-corrected chi connectivity index (χ3v) is 5.26. The number of rotatable bonds is 12. The van der Waals surface area contributed by atoms with Crippen LogP contribution in [0, 0.1) is 0 Å². The summed E-state index contributed by atoms with van der Waals surface area (Å²) < 4.78 is 0. The monoisotopic (exact) mass is 496 g/mol. The Labute approximate surface area is 210 Å². The minimum Gasteiger partial charge on any atom is -0.478 e. The Morgan fingerprint density at radius 3 is 1.58 bits per heavy atom. The van der Waals surface area contributed by atoms with Crippen molar-refractivity contribution in [1.82, 2.24) is 0 Å². The quantitative estimate of drug-likeness (QED) is 0.206. The van der Waals surface area contributed by atoms with Crippen LogP contribution in [0.2, 0.25) is 0 Å². The van der Waals surface area contributed by atoms with Gasteiger partial charge in [-0.05, 0) is 54.5 Å². The maximum absolute atomic E-state index is 11.7. The van der Waals surface area contributed by atoms with Crippen molar-refractivity contribution in [2.75, 3.05) is 0 Å². The fraction of sp³-hybridized carbons (Fsp3) is 0.286. The molecule has 2 aromatic carbocycles. The van der Waals surface area contributed by atoms with E-state index in [-0.39, 0.29) is 16.7 Å². The Balaban J connectivity index is 0.000000450. The summed E-state index contributed by atoms with van der Waals surface area (Å²) in [5, 5.41) is 35.7. The van der Waals surface area contributed by atoms with Crippen LogP contribution in [-0.4, -0.2) is 44.3 Å². The number of allylic oxidation sites excluding steroid dienone is 1. The lowest BCUT2D eigenvalue weighted by atomic mass is 9.88. The van der Waals surface area contributed by atoms with E-state index in [4.69, 9.17) is 15.3 Å². The van der Waals surface area contributed by atoms with Crippen LogP contribution in [0.1, 0.15) is 78.7 Å². The average Bonchev–Trinajstić information content (AvgIpc) is 2.85. The van der Waals surface area contributed by atoms with Gasteiger partial charge in [0.15, 0.2) is 0 Å². The van der Waals surface area contributed by atoms with Crippen LogP contribution >= 0.6 is 0 Å². The van der Waals surface area contributed by atoms with Gasteiger partial charge in [-0.2, -0.15) is 0 Å². The lowest BCUT2D eigenvalue weighted by Gasteiger charge is -2.17. The first-order valence-corrected chi connectivity index (χ1v) is 11.6. The highest BCUT2D eigenvalue weighted by molar-refractivity contribution is 6.02. The van der Waals surface area contributed by atoms with Crippen molar-refractivity contribution >= 4 is 29.5 Å². The molecule has 0 fully saturated rings. The average molecular weight is 497 g/mol. The zero-order chi connectivity index (χ0) is 27.1. The highest BCUT2D eigenvalue weighted by Crippen LogP contribution is 2.32. The Bertz CT molecular complexity index is 1080. The molecule has 8 heteroatoms. The molecule has 0 amide bonds. The second-order valence-corrected chi connectivity index (χ2v) is 7.89. The first-order valence-electron chi connectivity index (χ1n) is 11.6. The van der Waals surface area contributed by atoms with Gasteiger partial charge >= 0.3 is 23.9 Å². The van der Waals surface area contributed by atoms with Crippen LogP contribution in [0.15, 0.2) is 71.8 Å². The predicted octanol–water partition coefficient (Wildman–Crippen LogP) is 6.00. The molecule has 0 radical (unpaired) electrons. The summed E-state index contributed by atoms with van der Waals surface area (Å²) in [4.78, 5) is 43.7. The van der Waals surface area contributed by atoms with Crippen molar-refractivity contribution in [2.45, 2.75) is 52.4 Å². The Morgan fingerprint density at radius 1 is 0.694 bits per heavy atom. The fourth-order valence-corrected chi connectivity index (χ4v) is 3.52. The Hall–Kier alpha value is -4.20. The maximum Gasteiger partial charge on any atom is 0.336 e. The molecule has 0 unspecified atom stereocenters. The van der Waals surface area contributed by atoms with E-state index in [9.17, 15) is 24.3 Å². The molecular weight excluding hydrogens is 464 g/mol. The molecule has 36 heavy (non-hydrogen) atoms. The molecule has 2 aromatic rings. The molecule has 0 bridgehead atoms. The number of carboxylic acid groups (broad SMARTS) is 4. The normalized spacial score (nSPS) is 11.6. The second kappa shape index (κ2) is 15.7. The summed E-state index contributed by atoms with van der Waals surface area (Å²) in [6.45, 7) is 4.12. The van der Waals surface area contributed by atoms with Gasteiger partial charge in [-0.1, -0.05) is 69.2 Å². The zero-order valence-corrected chi connectivity index (χ0v) is 20.4. The number of benzene rings is 2. The third-order valence-electron chi connectivity index (χ3n) is 5.26. The number of aliphatic carboxylic acids is 2. The standard InChI is InChI=1S/C20H26O4.C8H6O4/c1-3-5-12-16(15-10-8-7-9-11-15)17(13-6-4-2)18(20(23)24)14-19(21)22;9-7(10)5-3-1-2-4-6(5)8(11)12/h7-11,14H,3-6,12-13H2,1-2H3,(H,21,22)(H,23,24);1-4H,(H,9,10)(H,11,12)/b17-16?,18-14-;. The van der Waals surface area contributed by atoms with Crippen LogP contribution in [0.4, 0.5) is 0 Å². The number of hydrogen-bond acceptors (Lipinski definition) is 4. The first kappa shape index (κ1) is 29.8. The molecule has 8 nitrogen and oxygen atoms in total. The van der Waals surface area contributed by atoms with Gasteiger partial charge in [0.25, 0.3) is 0 Å². The molecular formula is C28H32O8. The molecule has 0 saturated carbocycles. The third kappa shape index (κ3) is 9.58. The zero-order valence-electron chi connectivity index (χ0n) is 20.4. The van der Waals surface area contributed by atoms with Crippen molar-refractivity contribution < 1.29 is 39.6 Å². The molecule has 0 aliphatic heterocycles. The molecule has 192 valence electrons. The molecule has 0 aliphatic rings. The number of unbranched alkanes of at least 4 members (excludes halogenated alkanes) is 2. The maximum atomic E-state index is 11.7. The predicted molar refractivity (Wildman–Crippen MR) is 136 cm³/mol. The van der Waals surface area contributed by atoms with E-state index in [0.29, 0.717) is 12.0 Å². The topological polar surface area (TPSA) is 149 Å². The van der Waals surface area contributed by atoms with Gasteiger partial charge in [-0.3, -0.25) is 0 Å². The largest absolute Gasteiger partial charge is 0.478 e. The fourth-order valence-electron chi connectivity index (χ4n) is 3.52. The molecule has 4 N–H and O–H groups in total. The van der Waals surface area contributed by atoms with Crippen LogP contribution in [-0.2, 0) is 9.59 Å². The van der Waals surface area contributed by atoms with Crippen LogP contribution in [0.3, 0.4) is 0 Å². The summed E-state index contributed by atoms with van der Waals surface area (Å²) in [6, 6.07) is 15.1. The van der Waals surface area contributed by atoms with E-state index < -0.39 is 23.9 Å². The molecule has 0 heterocycles. The van der Waals surface area contributed by atoms with Crippen LogP contribution in [0.5, 0.6) is 0 Å². The van der Waals surface area contributed by atoms with Crippen molar-refractivity contribution in [2.24, 2.45) is 0 Å². The van der Waals surface area contributed by atoms with Gasteiger partial charge in [0.05, 0.1) is 16.7 Å². The summed E-state index contributed by atoms with van der Waals surface area (Å²) in [7, 11) is 0. The smallest absolute Gasteiger partial charge is 0.336 e. The molecule has 0 spiro atoms. The van der Waals surface area contributed by atoms with E-state index in [1.807, 2.05) is 37.3 Å². The van der Waals surface area contributed by atoms with Crippen molar-refractivity contribution in [3.05, 3.63) is 88.5 Å². The van der Waals surface area contributed by atoms with Gasteiger partial charge in [-0.15, -0.1) is 0 Å². The first-order chi connectivity index (χ1) is 17.1. The minimum absolute atomic E-state index is 0.106. The van der Waals surface area contributed by atoms with E-state index in [1.165, 1.54) is 24.3 Å². The second-order valence-electron chi connectivity index (χ2n) is 7.89. The molecule has 0 aliphatic carbocycles. The lowest BCUT2D eigenvalue weighted by molar-refractivity contribution is -0.134. The van der Waals surface area contributed by atoms with Gasteiger partial charge < -0.3 is 20.4 Å². The summed E-state index contributed by atoms with van der Waals surface area (Å²) in [6.07, 6.45) is 5.78. The van der Waals surface area contributed by atoms with Crippen molar-refractivity contribution in [3.63, 3.8) is 0 Å². The number of hydrogen-bond donors (Lipinski definition) is 4. The van der Waals surface area contributed by atoms with E-state index >= 15 is 0 Å². The Morgan fingerprint density at radius 2 is 1.17 bits per heavy atom. The van der Waals surface area contributed by atoms with Gasteiger partial charge in [0, 0.05) is 6.08 Å².